The second kappa shape index (κ2) is 4.65. The minimum atomic E-state index is -0.0999. The molecule has 0 atom stereocenters. The van der Waals surface area contributed by atoms with Gasteiger partial charge in [0.25, 0.3) is 5.91 Å². The molecule has 0 aliphatic carbocycles. The first-order chi connectivity index (χ1) is 9.22. The van der Waals surface area contributed by atoms with Crippen LogP contribution >= 0.6 is 0 Å². The number of hydrogen-bond donors (Lipinski definition) is 2. The zero-order valence-electron chi connectivity index (χ0n) is 10.6. The van der Waals surface area contributed by atoms with Gasteiger partial charge in [-0.25, -0.2) is 0 Å². The first-order valence-electron chi connectivity index (χ1n) is 6.13. The Labute approximate surface area is 110 Å². The Kier molecular flexibility index (Phi) is 2.83. The first kappa shape index (κ1) is 11.6. The number of aromatic amines is 1. The molecule has 0 saturated carbocycles. The highest BCUT2D eigenvalue weighted by Crippen LogP contribution is 2.14. The summed E-state index contributed by atoms with van der Waals surface area (Å²) in [5.41, 5.74) is 1.67. The van der Waals surface area contributed by atoms with Gasteiger partial charge in [0, 0.05) is 22.7 Å². The molecular weight excluding hydrogens is 240 g/mol. The highest BCUT2D eigenvalue weighted by atomic mass is 16.3. The molecule has 3 rings (SSSR count). The van der Waals surface area contributed by atoms with Gasteiger partial charge in [0.15, 0.2) is 0 Å². The molecule has 0 aliphatic heterocycles. The molecule has 96 valence electrons. The van der Waals surface area contributed by atoms with Crippen molar-refractivity contribution in [3.63, 3.8) is 0 Å². The normalized spacial score (nSPS) is 10.8. The van der Waals surface area contributed by atoms with E-state index < -0.39 is 0 Å². The SMILES string of the molecule is Cc1ccc(CNC(=O)c2ccc3[nH]ccc3c2)o1. The number of benzene rings is 1. The van der Waals surface area contributed by atoms with E-state index in [1.807, 2.05) is 49.5 Å². The number of hydrogen-bond acceptors (Lipinski definition) is 2. The first-order valence-corrected chi connectivity index (χ1v) is 6.13. The number of fused-ring (bicyclic) bond motifs is 1. The summed E-state index contributed by atoms with van der Waals surface area (Å²) in [5, 5.41) is 3.87. The van der Waals surface area contributed by atoms with Crippen LogP contribution < -0.4 is 5.32 Å². The van der Waals surface area contributed by atoms with Crippen LogP contribution in [0.2, 0.25) is 0 Å². The third-order valence-electron chi connectivity index (χ3n) is 3.03. The zero-order chi connectivity index (χ0) is 13.2. The van der Waals surface area contributed by atoms with Crippen molar-refractivity contribution in [2.24, 2.45) is 0 Å². The lowest BCUT2D eigenvalue weighted by Gasteiger charge is -2.03. The highest BCUT2D eigenvalue weighted by Gasteiger charge is 2.07. The Morgan fingerprint density at radius 3 is 2.95 bits per heavy atom. The Hall–Kier alpha value is -2.49. The van der Waals surface area contributed by atoms with Crippen molar-refractivity contribution < 1.29 is 9.21 Å². The van der Waals surface area contributed by atoms with Crippen LogP contribution in [-0.4, -0.2) is 10.9 Å². The standard InChI is InChI=1S/C15H14N2O2/c1-10-2-4-13(19-10)9-17-15(18)12-3-5-14-11(8-12)6-7-16-14/h2-8,16H,9H2,1H3,(H,17,18). The quantitative estimate of drug-likeness (QED) is 0.754. The second-order valence-electron chi connectivity index (χ2n) is 4.47. The Morgan fingerprint density at radius 1 is 1.26 bits per heavy atom. The predicted octanol–water partition coefficient (Wildman–Crippen LogP) is 3.00. The zero-order valence-corrected chi connectivity index (χ0v) is 10.6. The van der Waals surface area contributed by atoms with Crippen LogP contribution in [0.25, 0.3) is 10.9 Å². The lowest BCUT2D eigenvalue weighted by molar-refractivity contribution is 0.0948. The summed E-state index contributed by atoms with van der Waals surface area (Å²) in [6.07, 6.45) is 1.86. The molecule has 1 aromatic carbocycles. The number of nitrogens with one attached hydrogen (secondary N) is 2. The molecule has 0 spiro atoms. The van der Waals surface area contributed by atoms with Gasteiger partial charge in [0.05, 0.1) is 6.54 Å². The number of rotatable bonds is 3. The number of H-pyrrole nitrogens is 1. The van der Waals surface area contributed by atoms with Crippen LogP contribution in [0.3, 0.4) is 0 Å². The van der Waals surface area contributed by atoms with Crippen LogP contribution in [0.15, 0.2) is 47.0 Å². The molecule has 4 nitrogen and oxygen atoms in total. The number of amides is 1. The van der Waals surface area contributed by atoms with Crippen molar-refractivity contribution in [2.75, 3.05) is 0 Å². The number of aromatic nitrogens is 1. The average Bonchev–Trinajstić information content (AvgIpc) is 3.03. The van der Waals surface area contributed by atoms with Crippen LogP contribution in [0, 0.1) is 6.92 Å². The lowest BCUT2D eigenvalue weighted by Crippen LogP contribution is -2.22. The van der Waals surface area contributed by atoms with Crippen molar-refractivity contribution in [3.8, 4) is 0 Å². The monoisotopic (exact) mass is 254 g/mol. The van der Waals surface area contributed by atoms with E-state index in [1.165, 1.54) is 0 Å². The van der Waals surface area contributed by atoms with Gasteiger partial charge in [0.1, 0.15) is 11.5 Å². The lowest BCUT2D eigenvalue weighted by atomic mass is 10.1. The van der Waals surface area contributed by atoms with E-state index in [2.05, 4.69) is 10.3 Å². The summed E-state index contributed by atoms with van der Waals surface area (Å²) in [6.45, 7) is 2.28. The van der Waals surface area contributed by atoms with Gasteiger partial charge in [-0.1, -0.05) is 0 Å². The third-order valence-corrected chi connectivity index (χ3v) is 3.03. The van der Waals surface area contributed by atoms with Crippen LogP contribution in [-0.2, 0) is 6.54 Å². The summed E-state index contributed by atoms with van der Waals surface area (Å²) in [4.78, 5) is 15.1. The Morgan fingerprint density at radius 2 is 2.16 bits per heavy atom. The van der Waals surface area contributed by atoms with E-state index in [-0.39, 0.29) is 5.91 Å². The van der Waals surface area contributed by atoms with Gasteiger partial charge in [0.2, 0.25) is 0 Å². The van der Waals surface area contributed by atoms with Crippen molar-refractivity contribution in [1.29, 1.82) is 0 Å². The molecule has 0 aliphatic rings. The molecule has 1 amide bonds. The van der Waals surface area contributed by atoms with Crippen LogP contribution in [0.1, 0.15) is 21.9 Å². The van der Waals surface area contributed by atoms with E-state index in [0.29, 0.717) is 12.1 Å². The molecule has 0 unspecified atom stereocenters. The summed E-state index contributed by atoms with van der Waals surface area (Å²) in [5.74, 6) is 1.50. The van der Waals surface area contributed by atoms with E-state index in [0.717, 1.165) is 22.4 Å². The maximum Gasteiger partial charge on any atom is 0.251 e. The van der Waals surface area contributed by atoms with E-state index in [4.69, 9.17) is 4.42 Å². The van der Waals surface area contributed by atoms with E-state index in [9.17, 15) is 4.79 Å². The second-order valence-corrected chi connectivity index (χ2v) is 4.47. The third kappa shape index (κ3) is 2.38. The fraction of sp³-hybridized carbons (Fsp3) is 0.133. The van der Waals surface area contributed by atoms with Crippen molar-refractivity contribution >= 4 is 16.8 Å². The van der Waals surface area contributed by atoms with E-state index >= 15 is 0 Å². The van der Waals surface area contributed by atoms with Crippen LogP contribution in [0.5, 0.6) is 0 Å². The van der Waals surface area contributed by atoms with Gasteiger partial charge in [-0.2, -0.15) is 0 Å². The topological polar surface area (TPSA) is 58.0 Å². The molecule has 0 radical (unpaired) electrons. The highest BCUT2D eigenvalue weighted by molar-refractivity contribution is 5.97. The number of carbonyl (C=O) groups is 1. The van der Waals surface area contributed by atoms with Gasteiger partial charge < -0.3 is 14.7 Å². The number of aryl methyl sites for hydroxylation is 1. The molecule has 2 N–H and O–H groups in total. The summed E-state index contributed by atoms with van der Waals surface area (Å²) >= 11 is 0. The molecular formula is C15H14N2O2. The fourth-order valence-electron chi connectivity index (χ4n) is 2.04. The molecule has 0 saturated heterocycles. The average molecular weight is 254 g/mol. The molecule has 4 heteroatoms. The minimum absolute atomic E-state index is 0.0999. The molecule has 0 fully saturated rings. The number of furan rings is 1. The molecule has 0 bridgehead atoms. The number of carbonyl (C=O) groups excluding carboxylic acids is 1. The van der Waals surface area contributed by atoms with E-state index in [1.54, 1.807) is 0 Å². The van der Waals surface area contributed by atoms with Gasteiger partial charge >= 0.3 is 0 Å². The minimum Gasteiger partial charge on any atom is -0.465 e. The molecule has 2 aromatic heterocycles. The van der Waals surface area contributed by atoms with Gasteiger partial charge in [-0.05, 0) is 43.3 Å². The Balaban J connectivity index is 1.72. The predicted molar refractivity (Wildman–Crippen MR) is 72.9 cm³/mol. The largest absolute Gasteiger partial charge is 0.465 e. The van der Waals surface area contributed by atoms with Crippen molar-refractivity contribution in [3.05, 3.63) is 59.7 Å². The Bertz CT molecular complexity index is 724. The van der Waals surface area contributed by atoms with Crippen molar-refractivity contribution in [1.82, 2.24) is 10.3 Å². The van der Waals surface area contributed by atoms with Crippen molar-refractivity contribution in [2.45, 2.75) is 13.5 Å². The summed E-state index contributed by atoms with van der Waals surface area (Å²) < 4.78 is 5.41. The molecule has 3 aromatic rings. The van der Waals surface area contributed by atoms with Gasteiger partial charge in [-0.3, -0.25) is 4.79 Å². The summed E-state index contributed by atoms with van der Waals surface area (Å²) in [6, 6.07) is 11.3. The smallest absolute Gasteiger partial charge is 0.251 e. The molecule has 19 heavy (non-hydrogen) atoms. The van der Waals surface area contributed by atoms with Gasteiger partial charge in [-0.15, -0.1) is 0 Å². The maximum absolute atomic E-state index is 12.0. The molecule has 2 heterocycles. The summed E-state index contributed by atoms with van der Waals surface area (Å²) in [7, 11) is 0. The van der Waals surface area contributed by atoms with Crippen LogP contribution in [0.4, 0.5) is 0 Å². The maximum atomic E-state index is 12.0. The fourth-order valence-corrected chi connectivity index (χ4v) is 2.04.